The number of hydrogen-bond donors (Lipinski definition) is 0. The largest absolute Gasteiger partial charge is 0.345 e. The third-order valence-electron chi connectivity index (χ3n) is 4.39. The van der Waals surface area contributed by atoms with Gasteiger partial charge in [-0.3, -0.25) is 4.90 Å². The first-order valence-corrected chi connectivity index (χ1v) is 8.24. The van der Waals surface area contributed by atoms with Gasteiger partial charge in [-0.25, -0.2) is 0 Å². The van der Waals surface area contributed by atoms with Gasteiger partial charge in [0, 0.05) is 11.7 Å². The van der Waals surface area contributed by atoms with Gasteiger partial charge in [-0.2, -0.15) is 0 Å². The Morgan fingerprint density at radius 2 is 1.50 bits per heavy atom. The van der Waals surface area contributed by atoms with E-state index in [1.807, 2.05) is 0 Å². The normalized spacial score (nSPS) is 16.0. The molecule has 1 aromatic rings. The Bertz CT molecular complexity index is 384. The van der Waals surface area contributed by atoms with Gasteiger partial charge < -0.3 is 4.90 Å². The van der Waals surface area contributed by atoms with Crippen molar-refractivity contribution in [3.63, 3.8) is 0 Å². The molecule has 0 atom stereocenters. The predicted molar refractivity (Wildman–Crippen MR) is 88.2 cm³/mol. The van der Waals surface area contributed by atoms with Crippen LogP contribution in [-0.4, -0.2) is 24.3 Å². The molecule has 112 valence electrons. The molecular weight excluding hydrogens is 244 g/mol. The second kappa shape index (κ2) is 7.12. The highest BCUT2D eigenvalue weighted by Gasteiger charge is 2.29. The highest BCUT2D eigenvalue weighted by Crippen LogP contribution is 2.27. The summed E-state index contributed by atoms with van der Waals surface area (Å²) in [5.74, 6) is 0.621. The highest BCUT2D eigenvalue weighted by molar-refractivity contribution is 5.49. The summed E-state index contributed by atoms with van der Waals surface area (Å²) in [5.41, 5.74) is 2.80. The SMILES string of the molecule is CCCC(CCC)N1CN(c2ccc(C(C)C)cc2)C1. The van der Waals surface area contributed by atoms with E-state index in [0.29, 0.717) is 5.92 Å². The fourth-order valence-electron chi connectivity index (χ4n) is 3.04. The molecule has 0 amide bonds. The molecule has 1 fully saturated rings. The van der Waals surface area contributed by atoms with Gasteiger partial charge in [0.15, 0.2) is 0 Å². The first kappa shape index (κ1) is 15.4. The third kappa shape index (κ3) is 3.54. The minimum Gasteiger partial charge on any atom is -0.345 e. The van der Waals surface area contributed by atoms with Crippen molar-refractivity contribution >= 4 is 5.69 Å². The molecule has 2 nitrogen and oxygen atoms in total. The molecule has 0 aliphatic carbocycles. The molecule has 0 spiro atoms. The van der Waals surface area contributed by atoms with E-state index in [1.54, 1.807) is 0 Å². The van der Waals surface area contributed by atoms with Gasteiger partial charge in [-0.1, -0.05) is 52.7 Å². The standard InChI is InChI=1S/C18H30N2/c1-5-7-17(8-6-2)19-13-20(14-19)18-11-9-16(10-12-18)15(3)4/h9-12,15,17H,5-8,13-14H2,1-4H3. The number of nitrogens with zero attached hydrogens (tertiary/aromatic N) is 2. The minimum absolute atomic E-state index is 0.621. The van der Waals surface area contributed by atoms with Crippen molar-refractivity contribution in [2.24, 2.45) is 0 Å². The first-order valence-electron chi connectivity index (χ1n) is 8.24. The van der Waals surface area contributed by atoms with Crippen molar-refractivity contribution in [2.75, 3.05) is 18.2 Å². The lowest BCUT2D eigenvalue weighted by Crippen LogP contribution is -2.59. The molecule has 1 saturated heterocycles. The van der Waals surface area contributed by atoms with Crippen LogP contribution in [0.2, 0.25) is 0 Å². The average molecular weight is 274 g/mol. The lowest BCUT2D eigenvalue weighted by atomic mass is 10.0. The van der Waals surface area contributed by atoms with Crippen molar-refractivity contribution in [3.05, 3.63) is 29.8 Å². The molecule has 2 heteroatoms. The van der Waals surface area contributed by atoms with Crippen LogP contribution in [0.4, 0.5) is 5.69 Å². The van der Waals surface area contributed by atoms with Crippen LogP contribution in [0.1, 0.15) is 64.9 Å². The summed E-state index contributed by atoms with van der Waals surface area (Å²) in [6, 6.07) is 9.90. The van der Waals surface area contributed by atoms with Gasteiger partial charge in [0.2, 0.25) is 0 Å². The van der Waals surface area contributed by atoms with Crippen LogP contribution < -0.4 is 4.90 Å². The van der Waals surface area contributed by atoms with E-state index >= 15 is 0 Å². The molecule has 2 rings (SSSR count). The van der Waals surface area contributed by atoms with Gasteiger partial charge >= 0.3 is 0 Å². The van der Waals surface area contributed by atoms with Crippen LogP contribution in [0.15, 0.2) is 24.3 Å². The molecule has 0 N–H and O–H groups in total. The lowest BCUT2D eigenvalue weighted by molar-refractivity contribution is 0.107. The Balaban J connectivity index is 1.88. The van der Waals surface area contributed by atoms with Crippen LogP contribution in [0.5, 0.6) is 0 Å². The molecule has 0 bridgehead atoms. The van der Waals surface area contributed by atoms with E-state index in [2.05, 4.69) is 61.8 Å². The number of hydrogen-bond acceptors (Lipinski definition) is 2. The summed E-state index contributed by atoms with van der Waals surface area (Å²) in [5, 5.41) is 0. The summed E-state index contributed by atoms with van der Waals surface area (Å²) in [6.45, 7) is 11.3. The maximum absolute atomic E-state index is 2.63. The van der Waals surface area contributed by atoms with E-state index in [0.717, 1.165) is 19.4 Å². The van der Waals surface area contributed by atoms with Gasteiger partial charge in [-0.05, 0) is 36.5 Å². The molecule has 20 heavy (non-hydrogen) atoms. The quantitative estimate of drug-likeness (QED) is 0.703. The Kier molecular flexibility index (Phi) is 5.47. The van der Waals surface area contributed by atoms with Crippen LogP contribution in [0.3, 0.4) is 0 Å². The summed E-state index contributed by atoms with van der Waals surface area (Å²) in [4.78, 5) is 5.10. The van der Waals surface area contributed by atoms with Crippen molar-refractivity contribution < 1.29 is 0 Å². The number of benzene rings is 1. The molecule has 1 aliphatic rings. The average Bonchev–Trinajstić information content (AvgIpc) is 2.38. The molecule has 0 aromatic heterocycles. The number of anilines is 1. The zero-order valence-corrected chi connectivity index (χ0v) is 13.6. The third-order valence-corrected chi connectivity index (χ3v) is 4.39. The molecule has 0 saturated carbocycles. The molecule has 0 unspecified atom stereocenters. The van der Waals surface area contributed by atoms with E-state index in [9.17, 15) is 0 Å². The molecular formula is C18H30N2. The van der Waals surface area contributed by atoms with Gasteiger partial charge in [0.25, 0.3) is 0 Å². The fourth-order valence-corrected chi connectivity index (χ4v) is 3.04. The second-order valence-corrected chi connectivity index (χ2v) is 6.39. The van der Waals surface area contributed by atoms with Crippen molar-refractivity contribution in [1.29, 1.82) is 0 Å². The Hall–Kier alpha value is -1.02. The Morgan fingerprint density at radius 3 is 1.95 bits per heavy atom. The Labute approximate surface area is 124 Å². The molecule has 1 aromatic carbocycles. The highest BCUT2D eigenvalue weighted by atomic mass is 15.5. The van der Waals surface area contributed by atoms with Gasteiger partial charge in [0.1, 0.15) is 0 Å². The summed E-state index contributed by atoms with van der Waals surface area (Å²) in [6.07, 6.45) is 5.27. The molecule has 1 aliphatic heterocycles. The monoisotopic (exact) mass is 274 g/mol. The van der Waals surface area contributed by atoms with Crippen molar-refractivity contribution in [2.45, 2.75) is 65.3 Å². The molecule has 1 heterocycles. The van der Waals surface area contributed by atoms with E-state index in [-0.39, 0.29) is 0 Å². The second-order valence-electron chi connectivity index (χ2n) is 6.39. The van der Waals surface area contributed by atoms with Crippen molar-refractivity contribution in [1.82, 2.24) is 4.90 Å². The maximum Gasteiger partial charge on any atom is 0.0737 e. The van der Waals surface area contributed by atoms with E-state index in [4.69, 9.17) is 0 Å². The summed E-state index contributed by atoms with van der Waals surface area (Å²) in [7, 11) is 0. The topological polar surface area (TPSA) is 6.48 Å². The van der Waals surface area contributed by atoms with Crippen LogP contribution in [0, 0.1) is 0 Å². The maximum atomic E-state index is 2.63. The van der Waals surface area contributed by atoms with E-state index < -0.39 is 0 Å². The Morgan fingerprint density at radius 1 is 0.950 bits per heavy atom. The predicted octanol–water partition coefficient (Wildman–Crippen LogP) is 4.82. The van der Waals surface area contributed by atoms with Crippen LogP contribution in [0.25, 0.3) is 0 Å². The zero-order chi connectivity index (χ0) is 14.5. The fraction of sp³-hybridized carbons (Fsp3) is 0.667. The van der Waals surface area contributed by atoms with E-state index in [1.165, 1.54) is 36.9 Å². The van der Waals surface area contributed by atoms with Crippen LogP contribution >= 0.6 is 0 Å². The summed E-state index contributed by atoms with van der Waals surface area (Å²) >= 11 is 0. The number of rotatable bonds is 7. The van der Waals surface area contributed by atoms with Gasteiger partial charge in [-0.15, -0.1) is 0 Å². The van der Waals surface area contributed by atoms with Gasteiger partial charge in [0.05, 0.1) is 13.3 Å². The zero-order valence-electron chi connectivity index (χ0n) is 13.6. The first-order chi connectivity index (χ1) is 9.65. The van der Waals surface area contributed by atoms with Crippen LogP contribution in [-0.2, 0) is 0 Å². The summed E-state index contributed by atoms with van der Waals surface area (Å²) < 4.78 is 0. The lowest BCUT2D eigenvalue weighted by Gasteiger charge is -2.48. The minimum atomic E-state index is 0.621. The molecule has 0 radical (unpaired) electrons. The smallest absolute Gasteiger partial charge is 0.0737 e. The van der Waals surface area contributed by atoms with Crippen molar-refractivity contribution in [3.8, 4) is 0 Å².